The third-order valence-corrected chi connectivity index (χ3v) is 7.75. The molecule has 202 valence electrons. The van der Waals surface area contributed by atoms with Gasteiger partial charge in [0.15, 0.2) is 0 Å². The van der Waals surface area contributed by atoms with Crippen LogP contribution in [-0.4, -0.2) is 45.2 Å². The van der Waals surface area contributed by atoms with E-state index in [1.54, 1.807) is 19.1 Å². The van der Waals surface area contributed by atoms with Gasteiger partial charge in [-0.2, -0.15) is 0 Å². The predicted octanol–water partition coefficient (Wildman–Crippen LogP) is 4.57. The van der Waals surface area contributed by atoms with E-state index in [1.165, 1.54) is 0 Å². The van der Waals surface area contributed by atoms with Gasteiger partial charge in [-0.15, -0.1) is 0 Å². The molecule has 1 saturated carbocycles. The summed E-state index contributed by atoms with van der Waals surface area (Å²) in [6.45, 7) is 1.77. The SMILES string of the molecule is C[C@H](NC(=O)[C@@H]1[C@H](C(=O)O)[C@@H](C(=O)O)[C@@H]1C(=O)O)[C@H](Cc1ccc(Cl)cc1)c1ccc(-c2ccccc2)cc1. The fourth-order valence-corrected chi connectivity index (χ4v) is 5.55. The van der Waals surface area contributed by atoms with Crippen LogP contribution < -0.4 is 5.32 Å². The quantitative estimate of drug-likeness (QED) is 0.290. The number of halogens is 1. The van der Waals surface area contributed by atoms with E-state index in [0.29, 0.717) is 11.4 Å². The van der Waals surface area contributed by atoms with E-state index in [0.717, 1.165) is 22.3 Å². The van der Waals surface area contributed by atoms with E-state index >= 15 is 0 Å². The largest absolute Gasteiger partial charge is 0.481 e. The summed E-state index contributed by atoms with van der Waals surface area (Å²) < 4.78 is 0. The van der Waals surface area contributed by atoms with Crippen molar-refractivity contribution < 1.29 is 34.5 Å². The van der Waals surface area contributed by atoms with Crippen LogP contribution in [0.4, 0.5) is 0 Å². The fraction of sp³-hybridized carbons (Fsp3) is 0.267. The molecule has 8 nitrogen and oxygen atoms in total. The third-order valence-electron chi connectivity index (χ3n) is 7.49. The minimum absolute atomic E-state index is 0.262. The molecule has 39 heavy (non-hydrogen) atoms. The molecule has 0 bridgehead atoms. The number of hydrogen-bond donors (Lipinski definition) is 4. The van der Waals surface area contributed by atoms with E-state index in [1.807, 2.05) is 66.7 Å². The molecule has 3 aromatic rings. The van der Waals surface area contributed by atoms with Gasteiger partial charge in [0, 0.05) is 17.0 Å². The first-order valence-electron chi connectivity index (χ1n) is 12.5. The van der Waals surface area contributed by atoms with Gasteiger partial charge >= 0.3 is 17.9 Å². The highest BCUT2D eigenvalue weighted by atomic mass is 35.5. The number of hydrogen-bond acceptors (Lipinski definition) is 4. The van der Waals surface area contributed by atoms with Gasteiger partial charge in [-0.1, -0.05) is 78.3 Å². The summed E-state index contributed by atoms with van der Waals surface area (Å²) in [6.07, 6.45) is 0.510. The van der Waals surface area contributed by atoms with Crippen molar-refractivity contribution in [3.05, 3.63) is 95.0 Å². The highest BCUT2D eigenvalue weighted by Crippen LogP contribution is 2.47. The van der Waals surface area contributed by atoms with Crippen molar-refractivity contribution in [2.45, 2.75) is 25.3 Å². The van der Waals surface area contributed by atoms with Crippen LogP contribution >= 0.6 is 11.6 Å². The van der Waals surface area contributed by atoms with Crippen molar-refractivity contribution in [1.29, 1.82) is 0 Å². The summed E-state index contributed by atoms with van der Waals surface area (Å²) in [7, 11) is 0. The zero-order valence-electron chi connectivity index (χ0n) is 21.0. The lowest BCUT2D eigenvalue weighted by molar-refractivity contribution is -0.187. The van der Waals surface area contributed by atoms with Crippen LogP contribution in [-0.2, 0) is 25.6 Å². The topological polar surface area (TPSA) is 141 Å². The second-order valence-electron chi connectivity index (χ2n) is 9.84. The molecule has 1 aliphatic rings. The number of rotatable bonds is 10. The number of carbonyl (C=O) groups excluding carboxylic acids is 1. The summed E-state index contributed by atoms with van der Waals surface area (Å²) in [5.41, 5.74) is 3.94. The number of carbonyl (C=O) groups is 4. The molecule has 0 saturated heterocycles. The highest BCUT2D eigenvalue weighted by Gasteiger charge is 2.64. The molecular weight excluding hydrogens is 522 g/mol. The van der Waals surface area contributed by atoms with Crippen molar-refractivity contribution in [1.82, 2.24) is 5.32 Å². The second kappa shape index (κ2) is 11.7. The van der Waals surface area contributed by atoms with Crippen LogP contribution in [0.5, 0.6) is 0 Å². The van der Waals surface area contributed by atoms with Crippen molar-refractivity contribution in [3.63, 3.8) is 0 Å². The number of nitrogens with one attached hydrogen (secondary N) is 1. The fourth-order valence-electron chi connectivity index (χ4n) is 5.43. The van der Waals surface area contributed by atoms with Gasteiger partial charge in [-0.05, 0) is 47.7 Å². The first-order chi connectivity index (χ1) is 18.6. The number of carboxylic acid groups (broad SMARTS) is 3. The molecule has 4 rings (SSSR count). The molecule has 0 radical (unpaired) electrons. The summed E-state index contributed by atoms with van der Waals surface area (Å²) in [4.78, 5) is 48.4. The Hall–Kier alpha value is -4.17. The Morgan fingerprint density at radius 2 is 1.21 bits per heavy atom. The van der Waals surface area contributed by atoms with Gasteiger partial charge in [-0.25, -0.2) is 0 Å². The molecular formula is C30H28ClNO7. The van der Waals surface area contributed by atoms with E-state index in [2.05, 4.69) is 5.32 Å². The molecule has 1 fully saturated rings. The van der Waals surface area contributed by atoms with Gasteiger partial charge in [0.1, 0.15) is 0 Å². The lowest BCUT2D eigenvalue weighted by Crippen LogP contribution is -2.62. The van der Waals surface area contributed by atoms with Crippen molar-refractivity contribution >= 4 is 35.4 Å². The lowest BCUT2D eigenvalue weighted by Gasteiger charge is -2.44. The molecule has 0 unspecified atom stereocenters. The molecule has 6 atom stereocenters. The molecule has 9 heteroatoms. The van der Waals surface area contributed by atoms with Crippen LogP contribution in [0.2, 0.25) is 5.02 Å². The van der Waals surface area contributed by atoms with Crippen LogP contribution in [0.15, 0.2) is 78.9 Å². The molecule has 3 aromatic carbocycles. The van der Waals surface area contributed by atoms with E-state index < -0.39 is 53.5 Å². The monoisotopic (exact) mass is 549 g/mol. The minimum atomic E-state index is -1.68. The zero-order chi connectivity index (χ0) is 28.3. The Morgan fingerprint density at radius 1 is 0.718 bits per heavy atom. The summed E-state index contributed by atoms with van der Waals surface area (Å²) >= 11 is 6.05. The maximum atomic E-state index is 13.3. The lowest BCUT2D eigenvalue weighted by atomic mass is 9.56. The molecule has 4 N–H and O–H groups in total. The smallest absolute Gasteiger partial charge is 0.308 e. The summed E-state index contributed by atoms with van der Waals surface area (Å²) in [5, 5.41) is 32.0. The van der Waals surface area contributed by atoms with E-state index in [-0.39, 0.29) is 5.92 Å². The first-order valence-corrected chi connectivity index (χ1v) is 12.8. The molecule has 1 amide bonds. The van der Waals surface area contributed by atoms with E-state index in [9.17, 15) is 34.5 Å². The van der Waals surface area contributed by atoms with Gasteiger partial charge in [-0.3, -0.25) is 19.2 Å². The zero-order valence-corrected chi connectivity index (χ0v) is 21.8. The standard InChI is InChI=1S/C30H28ClNO7/c1-16(32-27(33)23-24(28(34)35)26(30(38)39)25(23)29(36)37)22(15-17-7-13-21(31)14-8-17)20-11-9-19(10-12-20)18-5-3-2-4-6-18/h2-14,16,22-26H,15H2,1H3,(H,32,33)(H,34,35)(H,36,37)(H,38,39)/t16-,22-,23-,24+,25-,26-/m0/s1. The molecule has 0 spiro atoms. The van der Waals surface area contributed by atoms with Crippen LogP contribution in [0.25, 0.3) is 11.1 Å². The van der Waals surface area contributed by atoms with Crippen LogP contribution in [0.1, 0.15) is 24.0 Å². The van der Waals surface area contributed by atoms with Crippen LogP contribution in [0, 0.1) is 23.7 Å². The summed E-state index contributed by atoms with van der Waals surface area (Å²) in [6, 6.07) is 24.5. The Bertz CT molecular complexity index is 1340. The molecule has 0 aromatic heterocycles. The predicted molar refractivity (Wildman–Crippen MR) is 144 cm³/mol. The Balaban J connectivity index is 1.61. The van der Waals surface area contributed by atoms with Crippen LogP contribution in [0.3, 0.4) is 0 Å². The molecule has 0 aliphatic heterocycles. The van der Waals surface area contributed by atoms with Gasteiger partial charge in [0.2, 0.25) is 5.91 Å². The Labute approximate surface area is 230 Å². The molecule has 1 aliphatic carbocycles. The number of carboxylic acids is 3. The number of benzene rings is 3. The van der Waals surface area contributed by atoms with Crippen molar-refractivity contribution in [2.24, 2.45) is 23.7 Å². The van der Waals surface area contributed by atoms with Gasteiger partial charge in [0.25, 0.3) is 0 Å². The number of aliphatic carboxylic acids is 3. The average Bonchev–Trinajstić information content (AvgIpc) is 2.87. The second-order valence-corrected chi connectivity index (χ2v) is 10.3. The first kappa shape index (κ1) is 27.9. The van der Waals surface area contributed by atoms with E-state index in [4.69, 9.17) is 11.6 Å². The van der Waals surface area contributed by atoms with Crippen molar-refractivity contribution in [3.8, 4) is 11.1 Å². The van der Waals surface area contributed by atoms with Gasteiger partial charge < -0.3 is 20.6 Å². The third kappa shape index (κ3) is 5.96. The minimum Gasteiger partial charge on any atom is -0.481 e. The number of amides is 1. The van der Waals surface area contributed by atoms with Gasteiger partial charge in [0.05, 0.1) is 23.7 Å². The maximum absolute atomic E-state index is 13.3. The Kier molecular flexibility index (Phi) is 8.35. The Morgan fingerprint density at radius 3 is 1.72 bits per heavy atom. The maximum Gasteiger partial charge on any atom is 0.308 e. The average molecular weight is 550 g/mol. The normalized spacial score (nSPS) is 21.7. The summed E-state index contributed by atoms with van der Waals surface area (Å²) in [5.74, 6) is -12.1. The highest BCUT2D eigenvalue weighted by molar-refractivity contribution is 6.30. The van der Waals surface area contributed by atoms with Crippen molar-refractivity contribution in [2.75, 3.05) is 0 Å². The molecule has 0 heterocycles.